The van der Waals surface area contributed by atoms with Gasteiger partial charge < -0.3 is 20.0 Å². The summed E-state index contributed by atoms with van der Waals surface area (Å²) in [6.45, 7) is 11.2. The zero-order valence-electron chi connectivity index (χ0n) is 21.4. The highest BCUT2D eigenvalue weighted by Gasteiger charge is 2.27. The molecule has 0 spiro atoms. The van der Waals surface area contributed by atoms with Crippen LogP contribution in [0.15, 0.2) is 60.7 Å². The summed E-state index contributed by atoms with van der Waals surface area (Å²) in [5, 5.41) is 2.87. The largest absolute Gasteiger partial charge is 0.337 e. The van der Waals surface area contributed by atoms with E-state index in [-0.39, 0.29) is 12.1 Å². The van der Waals surface area contributed by atoms with E-state index in [9.17, 15) is 9.59 Å². The predicted octanol–water partition coefficient (Wildman–Crippen LogP) is 5.25. The molecular formula is C27H42N4O2. The molecule has 2 aromatic rings. The molecule has 1 unspecified atom stereocenters. The second kappa shape index (κ2) is 14.9. The van der Waals surface area contributed by atoms with E-state index in [1.54, 1.807) is 14.7 Å². The SMILES string of the molecule is CC.CC.CN1CC(c2ccccc2)CN(C)C1=O.CN1CC(c2ccccc2)CNC1=O. The highest BCUT2D eigenvalue weighted by atomic mass is 16.2. The molecule has 2 heterocycles. The van der Waals surface area contributed by atoms with Gasteiger partial charge in [-0.1, -0.05) is 88.4 Å². The molecule has 4 amide bonds. The number of nitrogens with one attached hydrogen (secondary N) is 1. The maximum absolute atomic E-state index is 11.6. The molecule has 0 radical (unpaired) electrons. The van der Waals surface area contributed by atoms with Crippen LogP contribution in [0.25, 0.3) is 0 Å². The Balaban J connectivity index is 0.000000288. The van der Waals surface area contributed by atoms with Gasteiger partial charge in [0.25, 0.3) is 0 Å². The lowest BCUT2D eigenvalue weighted by molar-refractivity contribution is 0.144. The zero-order valence-corrected chi connectivity index (χ0v) is 21.4. The number of rotatable bonds is 2. The number of carbonyl (C=O) groups excluding carboxylic acids is 2. The van der Waals surface area contributed by atoms with E-state index in [1.165, 1.54) is 11.1 Å². The summed E-state index contributed by atoms with van der Waals surface area (Å²) in [5.74, 6) is 0.845. The van der Waals surface area contributed by atoms with Gasteiger partial charge in [0.15, 0.2) is 0 Å². The van der Waals surface area contributed by atoms with Crippen molar-refractivity contribution in [3.63, 3.8) is 0 Å². The smallest absolute Gasteiger partial charge is 0.319 e. The highest BCUT2D eigenvalue weighted by Crippen LogP contribution is 2.22. The van der Waals surface area contributed by atoms with Crippen LogP contribution in [0.1, 0.15) is 50.7 Å². The fraction of sp³-hybridized carbons (Fsp3) is 0.481. The van der Waals surface area contributed by atoms with Crippen LogP contribution in [0.3, 0.4) is 0 Å². The van der Waals surface area contributed by atoms with E-state index in [2.05, 4.69) is 29.6 Å². The Morgan fingerprint density at radius 2 is 1.03 bits per heavy atom. The summed E-state index contributed by atoms with van der Waals surface area (Å²) >= 11 is 0. The van der Waals surface area contributed by atoms with Gasteiger partial charge in [-0.25, -0.2) is 9.59 Å². The minimum absolute atomic E-state index is 0.0252. The molecule has 2 aliphatic heterocycles. The minimum atomic E-state index is 0.0252. The van der Waals surface area contributed by atoms with Gasteiger partial charge in [0.2, 0.25) is 0 Å². The lowest BCUT2D eigenvalue weighted by atomic mass is 9.97. The Morgan fingerprint density at radius 1 is 0.636 bits per heavy atom. The van der Waals surface area contributed by atoms with E-state index in [1.807, 2.05) is 85.2 Å². The van der Waals surface area contributed by atoms with E-state index >= 15 is 0 Å². The van der Waals surface area contributed by atoms with Gasteiger partial charge in [-0.05, 0) is 11.1 Å². The topological polar surface area (TPSA) is 55.9 Å². The van der Waals surface area contributed by atoms with Crippen LogP contribution in [-0.4, -0.2) is 74.1 Å². The predicted molar refractivity (Wildman–Crippen MR) is 138 cm³/mol. The third-order valence-corrected chi connectivity index (χ3v) is 5.52. The van der Waals surface area contributed by atoms with Gasteiger partial charge >= 0.3 is 12.1 Å². The van der Waals surface area contributed by atoms with Crippen molar-refractivity contribution in [2.75, 3.05) is 47.3 Å². The first-order valence-electron chi connectivity index (χ1n) is 12.0. The van der Waals surface area contributed by atoms with E-state index < -0.39 is 0 Å². The normalized spacial score (nSPS) is 18.0. The molecule has 33 heavy (non-hydrogen) atoms. The van der Waals surface area contributed by atoms with Crippen molar-refractivity contribution in [1.29, 1.82) is 0 Å². The third kappa shape index (κ3) is 8.44. The van der Waals surface area contributed by atoms with Crippen LogP contribution >= 0.6 is 0 Å². The lowest BCUT2D eigenvalue weighted by Gasteiger charge is -2.36. The van der Waals surface area contributed by atoms with Crippen molar-refractivity contribution < 1.29 is 9.59 Å². The number of likely N-dealkylation sites (N-methyl/N-ethyl adjacent to an activating group) is 3. The molecule has 0 saturated carbocycles. The number of hydrogen-bond donors (Lipinski definition) is 1. The maximum Gasteiger partial charge on any atom is 0.319 e. The molecule has 2 saturated heterocycles. The first kappa shape index (κ1) is 28.0. The fourth-order valence-electron chi connectivity index (χ4n) is 3.87. The molecule has 1 N–H and O–H groups in total. The maximum atomic E-state index is 11.6. The quantitative estimate of drug-likeness (QED) is 0.674. The van der Waals surface area contributed by atoms with Gasteiger partial charge in [-0.15, -0.1) is 0 Å². The Hall–Kier alpha value is -3.02. The zero-order chi connectivity index (χ0) is 24.8. The van der Waals surface area contributed by atoms with Crippen LogP contribution in [-0.2, 0) is 0 Å². The molecule has 0 aliphatic carbocycles. The van der Waals surface area contributed by atoms with Crippen LogP contribution in [0.5, 0.6) is 0 Å². The molecule has 2 aliphatic rings. The van der Waals surface area contributed by atoms with Gasteiger partial charge in [0.05, 0.1) is 0 Å². The molecule has 1 atom stereocenters. The summed E-state index contributed by atoms with van der Waals surface area (Å²) in [7, 11) is 5.53. The van der Waals surface area contributed by atoms with E-state index in [4.69, 9.17) is 0 Å². The molecular weight excluding hydrogens is 412 g/mol. The highest BCUT2D eigenvalue weighted by molar-refractivity contribution is 5.75. The van der Waals surface area contributed by atoms with Gasteiger partial charge in [0.1, 0.15) is 0 Å². The molecule has 2 fully saturated rings. The summed E-state index contributed by atoms with van der Waals surface area (Å²) in [6.07, 6.45) is 0. The second-order valence-electron chi connectivity index (χ2n) is 7.83. The molecule has 6 nitrogen and oxygen atoms in total. The van der Waals surface area contributed by atoms with E-state index in [0.717, 1.165) is 26.2 Å². The lowest BCUT2D eigenvalue weighted by Crippen LogP contribution is -2.48. The summed E-state index contributed by atoms with van der Waals surface area (Å²) < 4.78 is 0. The third-order valence-electron chi connectivity index (χ3n) is 5.52. The van der Waals surface area contributed by atoms with Crippen molar-refractivity contribution in [3.05, 3.63) is 71.8 Å². The molecule has 0 aromatic heterocycles. The number of amides is 4. The second-order valence-corrected chi connectivity index (χ2v) is 7.83. The minimum Gasteiger partial charge on any atom is -0.337 e. The van der Waals surface area contributed by atoms with Crippen LogP contribution in [0.2, 0.25) is 0 Å². The van der Waals surface area contributed by atoms with Crippen LogP contribution in [0, 0.1) is 0 Å². The molecule has 2 aromatic carbocycles. The Morgan fingerprint density at radius 3 is 1.45 bits per heavy atom. The van der Waals surface area contributed by atoms with Crippen molar-refractivity contribution >= 4 is 12.1 Å². The molecule has 4 rings (SSSR count). The Labute approximate surface area is 200 Å². The summed E-state index contributed by atoms with van der Waals surface area (Å²) in [6, 6.07) is 20.8. The average Bonchev–Trinajstić information content (AvgIpc) is 2.88. The van der Waals surface area contributed by atoms with Crippen molar-refractivity contribution in [2.24, 2.45) is 0 Å². The van der Waals surface area contributed by atoms with Crippen molar-refractivity contribution in [2.45, 2.75) is 39.5 Å². The first-order valence-corrected chi connectivity index (χ1v) is 12.0. The van der Waals surface area contributed by atoms with Crippen LogP contribution < -0.4 is 5.32 Å². The van der Waals surface area contributed by atoms with Gasteiger partial charge in [-0.3, -0.25) is 0 Å². The number of benzene rings is 2. The summed E-state index contributed by atoms with van der Waals surface area (Å²) in [5.41, 5.74) is 2.60. The molecule has 0 bridgehead atoms. The van der Waals surface area contributed by atoms with Crippen molar-refractivity contribution in [3.8, 4) is 0 Å². The van der Waals surface area contributed by atoms with Crippen LogP contribution in [0.4, 0.5) is 9.59 Å². The van der Waals surface area contributed by atoms with Gasteiger partial charge in [0, 0.05) is 59.2 Å². The first-order chi connectivity index (χ1) is 16.0. The standard InChI is InChI=1S/C12H16N2O.C11H14N2O.2C2H6/c1-13-8-11(9-14(2)12(13)15)10-6-4-3-5-7-10;1-13-8-10(7-12-11(13)14)9-5-3-2-4-6-9;2*1-2/h3-7,11H,8-9H2,1-2H3;2-6,10H,7-8H2,1H3,(H,12,14);2*1-2H3. The monoisotopic (exact) mass is 454 g/mol. The Bertz CT molecular complexity index is 799. The average molecular weight is 455 g/mol. The van der Waals surface area contributed by atoms with E-state index in [0.29, 0.717) is 11.8 Å². The molecule has 182 valence electrons. The fourth-order valence-corrected chi connectivity index (χ4v) is 3.87. The Kier molecular flexibility index (Phi) is 12.7. The number of nitrogens with zero attached hydrogens (tertiary/aromatic N) is 3. The number of urea groups is 2. The number of carbonyl (C=O) groups is 2. The number of hydrogen-bond acceptors (Lipinski definition) is 2. The van der Waals surface area contributed by atoms with Crippen molar-refractivity contribution in [1.82, 2.24) is 20.0 Å². The molecule has 6 heteroatoms. The summed E-state index contributed by atoms with van der Waals surface area (Å²) in [4.78, 5) is 28.0. The van der Waals surface area contributed by atoms with Gasteiger partial charge in [-0.2, -0.15) is 0 Å².